The maximum Gasteiger partial charge on any atom is 0.225 e. The molecule has 2 N–H and O–H groups in total. The maximum atomic E-state index is 12.7. The SMILES string of the molecule is CN=C(NCc1cnc(N(C)C)n1C)NC1CCN(C(=O)C2CCCCC2)C1.I. The first kappa shape index (κ1) is 23.8. The molecule has 1 aromatic rings. The van der Waals surface area contributed by atoms with Gasteiger partial charge in [0.1, 0.15) is 0 Å². The number of amides is 1. The van der Waals surface area contributed by atoms with Gasteiger partial charge in [-0.05, 0) is 19.3 Å². The van der Waals surface area contributed by atoms with E-state index in [0.717, 1.165) is 50.0 Å². The largest absolute Gasteiger partial charge is 0.352 e. The van der Waals surface area contributed by atoms with Gasteiger partial charge in [-0.2, -0.15) is 0 Å². The number of hydrogen-bond donors (Lipinski definition) is 2. The van der Waals surface area contributed by atoms with E-state index in [2.05, 4.69) is 25.2 Å². The number of guanidine groups is 1. The van der Waals surface area contributed by atoms with Crippen molar-refractivity contribution in [2.24, 2.45) is 18.0 Å². The number of aliphatic imine (C=N–C) groups is 1. The van der Waals surface area contributed by atoms with Crippen LogP contribution in [0.1, 0.15) is 44.2 Å². The highest BCUT2D eigenvalue weighted by Gasteiger charge is 2.31. The number of hydrogen-bond acceptors (Lipinski definition) is 4. The van der Waals surface area contributed by atoms with Crippen molar-refractivity contribution in [1.82, 2.24) is 25.1 Å². The lowest BCUT2D eigenvalue weighted by atomic mass is 9.88. The van der Waals surface area contributed by atoms with Crippen molar-refractivity contribution >= 4 is 41.8 Å². The van der Waals surface area contributed by atoms with E-state index >= 15 is 0 Å². The molecular formula is C20H36IN7O. The summed E-state index contributed by atoms with van der Waals surface area (Å²) in [5, 5.41) is 6.85. The topological polar surface area (TPSA) is 77.8 Å². The van der Waals surface area contributed by atoms with Crippen molar-refractivity contribution in [1.29, 1.82) is 0 Å². The lowest BCUT2D eigenvalue weighted by molar-refractivity contribution is -0.135. The van der Waals surface area contributed by atoms with E-state index in [1.54, 1.807) is 7.05 Å². The average molecular weight is 517 g/mol. The van der Waals surface area contributed by atoms with Crippen LogP contribution < -0.4 is 15.5 Å². The fraction of sp³-hybridized carbons (Fsp3) is 0.750. The molecule has 2 fully saturated rings. The van der Waals surface area contributed by atoms with Gasteiger partial charge in [0, 0.05) is 53.2 Å². The zero-order chi connectivity index (χ0) is 20.1. The van der Waals surface area contributed by atoms with Crippen LogP contribution in [0.3, 0.4) is 0 Å². The number of imidazole rings is 1. The Labute approximate surface area is 191 Å². The highest BCUT2D eigenvalue weighted by atomic mass is 127. The Morgan fingerprint density at radius 2 is 2.00 bits per heavy atom. The fourth-order valence-corrected chi connectivity index (χ4v) is 4.26. The Bertz CT molecular complexity index is 697. The Morgan fingerprint density at radius 3 is 2.62 bits per heavy atom. The molecule has 1 aromatic heterocycles. The van der Waals surface area contributed by atoms with Gasteiger partial charge in [0.05, 0.1) is 18.4 Å². The molecule has 9 heteroatoms. The number of likely N-dealkylation sites (tertiary alicyclic amines) is 1. The van der Waals surface area contributed by atoms with E-state index < -0.39 is 0 Å². The standard InChI is InChI=1S/C20H35N7O.HI/c1-21-19(22-12-17-13-23-20(25(2)3)26(17)4)24-16-10-11-27(14-16)18(28)15-8-6-5-7-9-15;/h13,15-16H,5-12,14H2,1-4H3,(H2,21,22,24);1H. The van der Waals surface area contributed by atoms with E-state index in [9.17, 15) is 4.79 Å². The van der Waals surface area contributed by atoms with Crippen LogP contribution in [0.5, 0.6) is 0 Å². The number of rotatable bonds is 5. The molecule has 1 amide bonds. The van der Waals surface area contributed by atoms with Gasteiger partial charge in [0.25, 0.3) is 0 Å². The number of aromatic nitrogens is 2. The van der Waals surface area contributed by atoms with Crippen molar-refractivity contribution in [3.63, 3.8) is 0 Å². The highest BCUT2D eigenvalue weighted by molar-refractivity contribution is 14.0. The van der Waals surface area contributed by atoms with Crippen LogP contribution in [0.2, 0.25) is 0 Å². The molecule has 29 heavy (non-hydrogen) atoms. The first-order valence-electron chi connectivity index (χ1n) is 10.4. The third-order valence-electron chi connectivity index (χ3n) is 5.92. The summed E-state index contributed by atoms with van der Waals surface area (Å²) in [7, 11) is 7.77. The summed E-state index contributed by atoms with van der Waals surface area (Å²) in [5.41, 5.74) is 1.09. The minimum absolute atomic E-state index is 0. The number of nitrogens with one attached hydrogen (secondary N) is 2. The summed E-state index contributed by atoms with van der Waals surface area (Å²) in [6.45, 7) is 2.26. The summed E-state index contributed by atoms with van der Waals surface area (Å²) < 4.78 is 2.07. The second kappa shape index (κ2) is 11.0. The highest BCUT2D eigenvalue weighted by Crippen LogP contribution is 2.26. The first-order valence-corrected chi connectivity index (χ1v) is 10.4. The van der Waals surface area contributed by atoms with Crippen molar-refractivity contribution in [3.05, 3.63) is 11.9 Å². The summed E-state index contributed by atoms with van der Waals surface area (Å²) >= 11 is 0. The monoisotopic (exact) mass is 517 g/mol. The quantitative estimate of drug-likeness (QED) is 0.355. The fourth-order valence-electron chi connectivity index (χ4n) is 4.26. The van der Waals surface area contributed by atoms with E-state index in [4.69, 9.17) is 0 Å². The Balaban J connectivity index is 0.00000300. The molecule has 0 radical (unpaired) electrons. The molecular weight excluding hydrogens is 481 g/mol. The van der Waals surface area contributed by atoms with Crippen LogP contribution in [-0.2, 0) is 18.4 Å². The lowest BCUT2D eigenvalue weighted by Crippen LogP contribution is -2.45. The molecule has 1 atom stereocenters. The van der Waals surface area contributed by atoms with Gasteiger partial charge in [-0.1, -0.05) is 19.3 Å². The van der Waals surface area contributed by atoms with Crippen LogP contribution in [0.4, 0.5) is 5.95 Å². The molecule has 0 spiro atoms. The van der Waals surface area contributed by atoms with Crippen LogP contribution in [-0.4, -0.2) is 66.6 Å². The molecule has 8 nitrogen and oxygen atoms in total. The van der Waals surface area contributed by atoms with Crippen molar-refractivity contribution in [3.8, 4) is 0 Å². The smallest absolute Gasteiger partial charge is 0.225 e. The van der Waals surface area contributed by atoms with E-state index in [-0.39, 0.29) is 35.9 Å². The maximum absolute atomic E-state index is 12.7. The molecule has 1 saturated heterocycles. The van der Waals surface area contributed by atoms with Crippen molar-refractivity contribution in [2.45, 2.75) is 51.1 Å². The first-order chi connectivity index (χ1) is 13.5. The van der Waals surface area contributed by atoms with Gasteiger partial charge in [0.2, 0.25) is 11.9 Å². The minimum Gasteiger partial charge on any atom is -0.352 e. The molecule has 164 valence electrons. The van der Waals surface area contributed by atoms with Gasteiger partial charge >= 0.3 is 0 Å². The third-order valence-corrected chi connectivity index (χ3v) is 5.92. The second-order valence-electron chi connectivity index (χ2n) is 8.18. The zero-order valence-electron chi connectivity index (χ0n) is 18.1. The number of nitrogens with zero attached hydrogens (tertiary/aromatic N) is 5. The Morgan fingerprint density at radius 1 is 1.28 bits per heavy atom. The third kappa shape index (κ3) is 5.99. The normalized spacial score (nSPS) is 20.3. The molecule has 0 bridgehead atoms. The average Bonchev–Trinajstić information content (AvgIpc) is 3.32. The molecule has 1 aliphatic carbocycles. The Kier molecular flexibility index (Phi) is 9.04. The summed E-state index contributed by atoms with van der Waals surface area (Å²) in [4.78, 5) is 25.6. The summed E-state index contributed by atoms with van der Waals surface area (Å²) in [6, 6.07) is 0.252. The van der Waals surface area contributed by atoms with E-state index in [0.29, 0.717) is 12.5 Å². The van der Waals surface area contributed by atoms with Crippen molar-refractivity contribution in [2.75, 3.05) is 39.1 Å². The van der Waals surface area contributed by atoms with Gasteiger partial charge in [-0.15, -0.1) is 24.0 Å². The Hall–Kier alpha value is -1.52. The predicted molar refractivity (Wildman–Crippen MR) is 128 cm³/mol. The number of anilines is 1. The molecule has 1 saturated carbocycles. The van der Waals surface area contributed by atoms with Gasteiger partial charge in [-0.3, -0.25) is 9.79 Å². The molecule has 2 aliphatic rings. The molecule has 1 unspecified atom stereocenters. The molecule has 1 aliphatic heterocycles. The van der Waals surface area contributed by atoms with E-state index in [1.165, 1.54) is 19.3 Å². The van der Waals surface area contributed by atoms with Crippen LogP contribution in [0.15, 0.2) is 11.2 Å². The van der Waals surface area contributed by atoms with Gasteiger partial charge < -0.3 is 25.0 Å². The molecule has 0 aromatic carbocycles. The van der Waals surface area contributed by atoms with Crippen molar-refractivity contribution < 1.29 is 4.79 Å². The lowest BCUT2D eigenvalue weighted by Gasteiger charge is -2.26. The molecule has 2 heterocycles. The van der Waals surface area contributed by atoms with Crippen LogP contribution >= 0.6 is 24.0 Å². The second-order valence-corrected chi connectivity index (χ2v) is 8.18. The number of halogens is 1. The summed E-state index contributed by atoms with van der Waals surface area (Å²) in [6.07, 6.45) is 8.67. The van der Waals surface area contributed by atoms with Crippen LogP contribution in [0, 0.1) is 5.92 Å². The number of carbonyl (C=O) groups excluding carboxylic acids is 1. The van der Waals surface area contributed by atoms with Crippen LogP contribution in [0.25, 0.3) is 0 Å². The summed E-state index contributed by atoms with van der Waals surface area (Å²) in [5.74, 6) is 2.30. The van der Waals surface area contributed by atoms with E-state index in [1.807, 2.05) is 37.1 Å². The van der Waals surface area contributed by atoms with Gasteiger partial charge in [0.15, 0.2) is 5.96 Å². The number of carbonyl (C=O) groups is 1. The minimum atomic E-state index is 0. The predicted octanol–water partition coefficient (Wildman–Crippen LogP) is 1.95. The zero-order valence-corrected chi connectivity index (χ0v) is 20.5. The van der Waals surface area contributed by atoms with Gasteiger partial charge in [-0.25, -0.2) is 4.98 Å². The molecule has 3 rings (SSSR count).